The predicted molar refractivity (Wildman–Crippen MR) is 164 cm³/mol. The van der Waals surface area contributed by atoms with E-state index in [0.29, 0.717) is 0 Å². The molecule has 0 aliphatic heterocycles. The van der Waals surface area contributed by atoms with Crippen LogP contribution in [0, 0.1) is 0 Å². The van der Waals surface area contributed by atoms with Crippen molar-refractivity contribution in [1.29, 1.82) is 0 Å². The Morgan fingerprint density at radius 1 is 0.395 bits per heavy atom. The Kier molecular flexibility index (Phi) is 8.78. The first-order valence-corrected chi connectivity index (χ1v) is 13.5. The van der Waals surface area contributed by atoms with Crippen LogP contribution in [0.1, 0.15) is 36.0 Å². The summed E-state index contributed by atoms with van der Waals surface area (Å²) in [4.78, 5) is 0. The molecule has 0 radical (unpaired) electrons. The lowest BCUT2D eigenvalue weighted by atomic mass is 9.90. The lowest BCUT2D eigenvalue weighted by Gasteiger charge is -2.15. The molecule has 0 amide bonds. The standard InChI is InChI=1S/C38H34/c1-2-4-11-22-32(23-12-5-3-1)35-26-14-8-9-15-27-36(38-29-19-18-28-37(35)38)34-25-13-7-6-10-20-31-21-16-17-24-33(31)30-34/h1-19,21-24,28-30H,20,25-27H2. The average Bonchev–Trinajstić information content (AvgIpc) is 2.96. The van der Waals surface area contributed by atoms with Gasteiger partial charge >= 0.3 is 0 Å². The van der Waals surface area contributed by atoms with Gasteiger partial charge in [0.1, 0.15) is 0 Å². The number of hydrogen-bond donors (Lipinski definition) is 0. The maximum absolute atomic E-state index is 2.42. The van der Waals surface area contributed by atoms with E-state index in [1.165, 1.54) is 43.8 Å². The lowest BCUT2D eigenvalue weighted by Crippen LogP contribution is -2.30. The van der Waals surface area contributed by atoms with Crippen molar-refractivity contribution in [2.45, 2.75) is 25.7 Å². The highest BCUT2D eigenvalue weighted by molar-refractivity contribution is 5.77. The first kappa shape index (κ1) is 25.2. The van der Waals surface area contributed by atoms with E-state index >= 15 is 0 Å². The molecule has 0 aromatic heterocycles. The Morgan fingerprint density at radius 2 is 0.895 bits per heavy atom. The third-order valence-corrected chi connectivity index (χ3v) is 7.00. The van der Waals surface area contributed by atoms with Crippen molar-refractivity contribution in [2.75, 3.05) is 0 Å². The fourth-order valence-corrected chi connectivity index (χ4v) is 5.10. The molecule has 0 heteroatoms. The van der Waals surface area contributed by atoms with Crippen LogP contribution in [0.5, 0.6) is 0 Å². The summed E-state index contributed by atoms with van der Waals surface area (Å²) in [6.45, 7) is 0. The van der Waals surface area contributed by atoms with Gasteiger partial charge < -0.3 is 0 Å². The van der Waals surface area contributed by atoms with Crippen LogP contribution >= 0.6 is 0 Å². The van der Waals surface area contributed by atoms with Gasteiger partial charge in [0, 0.05) is 0 Å². The molecule has 0 N–H and O–H groups in total. The monoisotopic (exact) mass is 490 g/mol. The Bertz CT molecular complexity index is 1580. The Hall–Kier alpha value is -4.42. The summed E-state index contributed by atoms with van der Waals surface area (Å²) in [5.41, 5.74) is 7.99. The van der Waals surface area contributed by atoms with Crippen LogP contribution in [0.25, 0.3) is 17.2 Å². The highest BCUT2D eigenvalue weighted by Crippen LogP contribution is 2.26. The Morgan fingerprint density at radius 3 is 1.61 bits per heavy atom. The third-order valence-electron chi connectivity index (χ3n) is 7.00. The van der Waals surface area contributed by atoms with Crippen LogP contribution in [-0.4, -0.2) is 0 Å². The minimum Gasteiger partial charge on any atom is -0.0801 e. The highest BCUT2D eigenvalue weighted by Gasteiger charge is 2.10. The molecule has 0 spiro atoms. The van der Waals surface area contributed by atoms with Gasteiger partial charge in [-0.25, -0.2) is 0 Å². The van der Waals surface area contributed by atoms with Gasteiger partial charge in [-0.1, -0.05) is 158 Å². The fourth-order valence-electron chi connectivity index (χ4n) is 5.10. The summed E-state index contributed by atoms with van der Waals surface area (Å²) >= 11 is 0. The minimum atomic E-state index is 0.866. The van der Waals surface area contributed by atoms with E-state index in [4.69, 9.17) is 0 Å². The molecule has 3 aromatic rings. The van der Waals surface area contributed by atoms with Gasteiger partial charge in [-0.15, -0.1) is 0 Å². The second-order valence-corrected chi connectivity index (χ2v) is 9.54. The van der Waals surface area contributed by atoms with Crippen molar-refractivity contribution in [3.63, 3.8) is 0 Å². The van der Waals surface area contributed by atoms with Crippen LogP contribution in [0.3, 0.4) is 0 Å². The molecule has 0 unspecified atom stereocenters. The van der Waals surface area contributed by atoms with Crippen LogP contribution in [0.2, 0.25) is 0 Å². The molecular formula is C38H34. The fraction of sp³-hybridized carbons (Fsp3) is 0.105. The molecule has 186 valence electrons. The summed E-state index contributed by atoms with van der Waals surface area (Å²) < 4.78 is 0. The van der Waals surface area contributed by atoms with Crippen molar-refractivity contribution >= 4 is 17.2 Å². The normalized spacial score (nSPS) is 15.1. The summed E-state index contributed by atoms with van der Waals surface area (Å²) in [6.07, 6.45) is 23.9. The van der Waals surface area contributed by atoms with Crippen LogP contribution in [0.15, 0.2) is 157 Å². The van der Waals surface area contributed by atoms with Gasteiger partial charge in [0.15, 0.2) is 0 Å². The van der Waals surface area contributed by atoms with Crippen LogP contribution in [0.4, 0.5) is 0 Å². The van der Waals surface area contributed by atoms with Crippen LogP contribution < -0.4 is 10.4 Å². The molecular weight excluding hydrogens is 456 g/mol. The Balaban J connectivity index is 1.84. The van der Waals surface area contributed by atoms with E-state index in [2.05, 4.69) is 158 Å². The van der Waals surface area contributed by atoms with Gasteiger partial charge in [-0.3, -0.25) is 0 Å². The molecule has 0 saturated carbocycles. The number of fused-ring (bicyclic) bond motifs is 2. The SMILES string of the molecule is C1=CCC(C2=c3ccccc3=C(c3ccccccccc3)CC=CC=CC2)=Cc2ccccc2CC=C1. The quantitative estimate of drug-likeness (QED) is 0.339. The van der Waals surface area contributed by atoms with E-state index in [1.54, 1.807) is 0 Å². The zero-order valence-corrected chi connectivity index (χ0v) is 21.8. The molecule has 5 rings (SSSR count). The van der Waals surface area contributed by atoms with E-state index in [0.717, 1.165) is 25.7 Å². The largest absolute Gasteiger partial charge is 0.0801 e. The van der Waals surface area contributed by atoms with Gasteiger partial charge in [0.2, 0.25) is 0 Å². The summed E-state index contributed by atoms with van der Waals surface area (Å²) in [6, 6.07) is 36.9. The van der Waals surface area contributed by atoms with Crippen molar-refractivity contribution in [3.05, 3.63) is 184 Å². The molecule has 2 aliphatic rings. The third kappa shape index (κ3) is 6.47. The van der Waals surface area contributed by atoms with Crippen molar-refractivity contribution in [1.82, 2.24) is 0 Å². The molecule has 0 fully saturated rings. The molecule has 2 aliphatic carbocycles. The predicted octanol–water partition coefficient (Wildman–Crippen LogP) is 8.21. The van der Waals surface area contributed by atoms with Crippen molar-refractivity contribution in [2.24, 2.45) is 0 Å². The number of rotatable bonds is 2. The summed E-state index contributed by atoms with van der Waals surface area (Å²) in [5.74, 6) is 0. The second kappa shape index (κ2) is 13.2. The van der Waals surface area contributed by atoms with Gasteiger partial charge in [0.25, 0.3) is 0 Å². The Labute approximate surface area is 227 Å². The van der Waals surface area contributed by atoms with Gasteiger partial charge in [0.05, 0.1) is 0 Å². The maximum atomic E-state index is 2.42. The molecule has 0 atom stereocenters. The molecule has 0 saturated heterocycles. The summed E-state index contributed by atoms with van der Waals surface area (Å²) in [7, 11) is 0. The average molecular weight is 491 g/mol. The molecule has 0 bridgehead atoms. The number of hydrogen-bond acceptors (Lipinski definition) is 0. The van der Waals surface area contributed by atoms with Gasteiger partial charge in [-0.05, 0) is 69.5 Å². The molecule has 38 heavy (non-hydrogen) atoms. The highest BCUT2D eigenvalue weighted by atomic mass is 14.1. The zero-order chi connectivity index (χ0) is 25.8. The molecule has 3 aromatic carbocycles. The number of allylic oxidation sites excluding steroid dienone is 9. The smallest absolute Gasteiger partial charge is 0.00822 e. The van der Waals surface area contributed by atoms with E-state index < -0.39 is 0 Å². The molecule has 0 heterocycles. The zero-order valence-electron chi connectivity index (χ0n) is 21.8. The lowest BCUT2D eigenvalue weighted by molar-refractivity contribution is 1.20. The number of benzene rings is 2. The second-order valence-electron chi connectivity index (χ2n) is 9.54. The first-order valence-electron chi connectivity index (χ1n) is 13.5. The van der Waals surface area contributed by atoms with Crippen molar-refractivity contribution in [3.8, 4) is 0 Å². The van der Waals surface area contributed by atoms with Gasteiger partial charge in [-0.2, -0.15) is 0 Å². The summed E-state index contributed by atoms with van der Waals surface area (Å²) in [5, 5.41) is 2.62. The van der Waals surface area contributed by atoms with E-state index in [1.807, 2.05) is 0 Å². The maximum Gasteiger partial charge on any atom is -0.00822 e. The van der Waals surface area contributed by atoms with Crippen molar-refractivity contribution < 1.29 is 0 Å². The van der Waals surface area contributed by atoms with E-state index in [-0.39, 0.29) is 0 Å². The van der Waals surface area contributed by atoms with Crippen LogP contribution in [-0.2, 0) is 6.42 Å². The van der Waals surface area contributed by atoms with E-state index in [9.17, 15) is 0 Å². The molecule has 0 nitrogen and oxygen atoms in total. The first-order chi connectivity index (χ1) is 18.9. The minimum absolute atomic E-state index is 0.866. The topological polar surface area (TPSA) is 0 Å².